The number of nitrogens with zero attached hydrogens (tertiary/aromatic N) is 3. The summed E-state index contributed by atoms with van der Waals surface area (Å²) in [7, 11) is -3.55. The second kappa shape index (κ2) is 10.0. The van der Waals surface area contributed by atoms with Crippen LogP contribution < -0.4 is 10.0 Å². The van der Waals surface area contributed by atoms with Crippen molar-refractivity contribution in [3.8, 4) is 10.7 Å². The number of aromatic nitrogens is 2. The molecule has 0 aliphatic carbocycles. The first-order valence-corrected chi connectivity index (χ1v) is 12.7. The number of amidine groups is 1. The van der Waals surface area contributed by atoms with Crippen LogP contribution in [0.4, 0.5) is 0 Å². The Kier molecular flexibility index (Phi) is 6.96. The molecule has 0 atom stereocenters. The molecule has 11 heteroatoms. The van der Waals surface area contributed by atoms with Crippen LogP contribution in [0.5, 0.6) is 0 Å². The number of nitrogens with one attached hydrogen (secondary N) is 2. The highest BCUT2D eigenvalue weighted by Gasteiger charge is 2.29. The third-order valence-corrected chi connectivity index (χ3v) is 7.13. The number of hydrogen-bond acceptors (Lipinski definition) is 8. The van der Waals surface area contributed by atoms with Crippen molar-refractivity contribution < 1.29 is 17.7 Å². The number of rotatable bonds is 10. The maximum Gasteiger partial charge on any atom is 0.263 e. The maximum atomic E-state index is 12.0. The quantitative estimate of drug-likeness (QED) is 0.436. The fourth-order valence-electron chi connectivity index (χ4n) is 3.28. The van der Waals surface area contributed by atoms with Gasteiger partial charge in [0.05, 0.1) is 16.3 Å². The van der Waals surface area contributed by atoms with Gasteiger partial charge < -0.3 is 9.84 Å². The summed E-state index contributed by atoms with van der Waals surface area (Å²) in [4.78, 5) is 21.9. The first-order chi connectivity index (χ1) is 15.5. The molecule has 1 aliphatic heterocycles. The van der Waals surface area contributed by atoms with Gasteiger partial charge in [-0.15, -0.1) is 11.3 Å². The summed E-state index contributed by atoms with van der Waals surface area (Å²) in [6.45, 7) is 0.789. The molecule has 4 rings (SSSR count). The van der Waals surface area contributed by atoms with E-state index in [1.165, 1.54) is 6.07 Å². The molecule has 9 nitrogen and oxygen atoms in total. The molecule has 1 aromatic carbocycles. The highest BCUT2D eigenvalue weighted by molar-refractivity contribution is 7.90. The molecule has 2 aromatic heterocycles. The van der Waals surface area contributed by atoms with Crippen LogP contribution in [0.3, 0.4) is 0 Å². The monoisotopic (exact) mass is 473 g/mol. The van der Waals surface area contributed by atoms with E-state index in [1.807, 2.05) is 17.5 Å². The zero-order chi connectivity index (χ0) is 22.4. The van der Waals surface area contributed by atoms with Crippen LogP contribution in [-0.2, 0) is 21.2 Å². The Labute approximate surface area is 190 Å². The average Bonchev–Trinajstić information content (AvgIpc) is 3.51. The van der Waals surface area contributed by atoms with E-state index < -0.39 is 10.0 Å². The van der Waals surface area contributed by atoms with Crippen molar-refractivity contribution >= 4 is 33.1 Å². The van der Waals surface area contributed by atoms with Gasteiger partial charge in [-0.05, 0) is 36.4 Å². The van der Waals surface area contributed by atoms with Gasteiger partial charge in [0.15, 0.2) is 0 Å². The van der Waals surface area contributed by atoms with Crippen molar-refractivity contribution in [1.82, 2.24) is 20.2 Å². The van der Waals surface area contributed by atoms with Crippen molar-refractivity contribution in [1.29, 1.82) is 0 Å². The molecule has 0 radical (unpaired) electrons. The van der Waals surface area contributed by atoms with Gasteiger partial charge in [-0.2, -0.15) is 4.98 Å². The SMILES string of the molecule is O=C(CCN=C1NS(=O)(=O)c2ccccc21)NCCCCCc1nc(-c2cccs2)no1. The number of carbonyl (C=O) groups excluding carboxylic acids is 1. The van der Waals surface area contributed by atoms with Crippen LogP contribution >= 0.6 is 11.3 Å². The Bertz CT molecular complexity index is 1200. The number of benzene rings is 1. The second-order valence-corrected chi connectivity index (χ2v) is 9.83. The first kappa shape index (κ1) is 22.2. The van der Waals surface area contributed by atoms with Gasteiger partial charge in [0.1, 0.15) is 5.84 Å². The van der Waals surface area contributed by atoms with Gasteiger partial charge in [-0.1, -0.05) is 29.8 Å². The minimum Gasteiger partial charge on any atom is -0.356 e. The molecule has 1 aliphatic rings. The van der Waals surface area contributed by atoms with Gasteiger partial charge in [0, 0.05) is 24.9 Å². The molecule has 2 N–H and O–H groups in total. The number of sulfonamides is 1. The standard InChI is InChI=1S/C21H23N5O4S2/c27-18(11-13-23-20-15-7-3-4-9-17(15)32(28,29)26-20)22-12-5-1-2-10-19-24-21(25-30-19)16-8-6-14-31-16/h3-4,6-9,14H,1-2,5,10-13H2,(H,22,27)(H,23,26). The van der Waals surface area contributed by atoms with E-state index >= 15 is 0 Å². The third-order valence-electron chi connectivity index (χ3n) is 4.87. The van der Waals surface area contributed by atoms with Crippen molar-refractivity contribution in [3.05, 3.63) is 53.2 Å². The van der Waals surface area contributed by atoms with Crippen LogP contribution in [-0.4, -0.2) is 43.4 Å². The lowest BCUT2D eigenvalue weighted by atomic mass is 10.2. The Morgan fingerprint density at radius 2 is 2.03 bits per heavy atom. The lowest BCUT2D eigenvalue weighted by Crippen LogP contribution is -2.26. The smallest absolute Gasteiger partial charge is 0.263 e. The third kappa shape index (κ3) is 5.40. The average molecular weight is 474 g/mol. The second-order valence-electron chi connectivity index (χ2n) is 7.23. The summed E-state index contributed by atoms with van der Waals surface area (Å²) in [6.07, 6.45) is 3.58. The van der Waals surface area contributed by atoms with E-state index in [0.29, 0.717) is 30.2 Å². The molecule has 0 unspecified atom stereocenters. The number of amides is 1. The molecule has 0 bridgehead atoms. The van der Waals surface area contributed by atoms with Crippen LogP contribution in [0.2, 0.25) is 0 Å². The summed E-state index contributed by atoms with van der Waals surface area (Å²) in [5.41, 5.74) is 0.539. The number of unbranched alkanes of at least 4 members (excludes halogenated alkanes) is 2. The Morgan fingerprint density at radius 1 is 1.16 bits per heavy atom. The molecule has 3 aromatic rings. The number of aryl methyl sites for hydroxylation is 1. The van der Waals surface area contributed by atoms with E-state index in [9.17, 15) is 13.2 Å². The number of thiophene rings is 1. The zero-order valence-electron chi connectivity index (χ0n) is 17.3. The zero-order valence-corrected chi connectivity index (χ0v) is 18.9. The van der Waals surface area contributed by atoms with E-state index in [0.717, 1.165) is 24.1 Å². The van der Waals surface area contributed by atoms with E-state index in [2.05, 4.69) is 25.2 Å². The molecule has 0 saturated heterocycles. The molecule has 1 amide bonds. The molecule has 32 heavy (non-hydrogen) atoms. The Morgan fingerprint density at radius 3 is 2.88 bits per heavy atom. The molecule has 0 saturated carbocycles. The molecular formula is C21H23N5O4S2. The van der Waals surface area contributed by atoms with E-state index in [4.69, 9.17) is 4.52 Å². The molecular weight excluding hydrogens is 450 g/mol. The van der Waals surface area contributed by atoms with Crippen LogP contribution in [0.1, 0.15) is 37.1 Å². The lowest BCUT2D eigenvalue weighted by molar-refractivity contribution is -0.120. The largest absolute Gasteiger partial charge is 0.356 e. The summed E-state index contributed by atoms with van der Waals surface area (Å²) >= 11 is 1.57. The molecule has 3 heterocycles. The Hall–Kier alpha value is -3.05. The number of carbonyl (C=O) groups is 1. The normalized spacial score (nSPS) is 15.4. The van der Waals surface area contributed by atoms with Gasteiger partial charge in [-0.3, -0.25) is 14.5 Å². The number of hydrogen-bond donors (Lipinski definition) is 2. The van der Waals surface area contributed by atoms with Gasteiger partial charge >= 0.3 is 0 Å². The predicted molar refractivity (Wildman–Crippen MR) is 121 cm³/mol. The van der Waals surface area contributed by atoms with Crippen molar-refractivity contribution in [2.45, 2.75) is 37.0 Å². The summed E-state index contributed by atoms with van der Waals surface area (Å²) in [5, 5.41) is 8.84. The summed E-state index contributed by atoms with van der Waals surface area (Å²) < 4.78 is 31.8. The topological polar surface area (TPSA) is 127 Å². The van der Waals surface area contributed by atoms with Crippen molar-refractivity contribution in [3.63, 3.8) is 0 Å². The van der Waals surface area contributed by atoms with Crippen LogP contribution in [0.15, 0.2) is 56.2 Å². The number of fused-ring (bicyclic) bond motifs is 1. The molecule has 0 spiro atoms. The number of aliphatic imine (C=N–C) groups is 1. The minimum atomic E-state index is -3.55. The van der Waals surface area contributed by atoms with E-state index in [-0.39, 0.29) is 29.6 Å². The van der Waals surface area contributed by atoms with Crippen molar-refractivity contribution in [2.75, 3.05) is 13.1 Å². The highest BCUT2D eigenvalue weighted by Crippen LogP contribution is 2.22. The fraction of sp³-hybridized carbons (Fsp3) is 0.333. The first-order valence-electron chi connectivity index (χ1n) is 10.3. The fourth-order valence-corrected chi connectivity index (χ4v) is 5.18. The van der Waals surface area contributed by atoms with E-state index in [1.54, 1.807) is 29.5 Å². The predicted octanol–water partition coefficient (Wildman–Crippen LogP) is 2.76. The van der Waals surface area contributed by atoms with Crippen LogP contribution in [0.25, 0.3) is 10.7 Å². The summed E-state index contributed by atoms with van der Waals surface area (Å²) in [6, 6.07) is 10.6. The van der Waals surface area contributed by atoms with Crippen molar-refractivity contribution in [2.24, 2.45) is 4.99 Å². The summed E-state index contributed by atoms with van der Waals surface area (Å²) in [5.74, 6) is 1.43. The van der Waals surface area contributed by atoms with Gasteiger partial charge in [-0.25, -0.2) is 8.42 Å². The minimum absolute atomic E-state index is 0.110. The van der Waals surface area contributed by atoms with Crippen LogP contribution in [0, 0.1) is 0 Å². The highest BCUT2D eigenvalue weighted by atomic mass is 32.2. The van der Waals surface area contributed by atoms with Gasteiger partial charge in [0.2, 0.25) is 17.6 Å². The molecule has 168 valence electrons. The Balaban J connectivity index is 1.11. The van der Waals surface area contributed by atoms with Gasteiger partial charge in [0.25, 0.3) is 10.0 Å². The maximum absolute atomic E-state index is 12.0. The lowest BCUT2D eigenvalue weighted by Gasteiger charge is -2.04. The molecule has 0 fully saturated rings.